The minimum atomic E-state index is -4.44. The molecule has 1 saturated heterocycles. The number of fused-ring (bicyclic) bond motifs is 1. The van der Waals surface area contributed by atoms with Crippen molar-refractivity contribution in [3.8, 4) is 0 Å². The highest BCUT2D eigenvalue weighted by atomic mass is 19.4. The molecule has 3 aromatic carbocycles. The minimum Gasteiger partial charge on any atom is -0.355 e. The fraction of sp³-hybridized carbons (Fsp3) is 0.281. The van der Waals surface area contributed by atoms with Gasteiger partial charge < -0.3 is 19.7 Å². The van der Waals surface area contributed by atoms with Gasteiger partial charge in [0.1, 0.15) is 5.82 Å². The van der Waals surface area contributed by atoms with Crippen LogP contribution in [0.2, 0.25) is 0 Å². The number of aromatic nitrogens is 1. The number of halogens is 3. The zero-order valence-corrected chi connectivity index (χ0v) is 23.2. The lowest BCUT2D eigenvalue weighted by atomic mass is 10.1. The van der Waals surface area contributed by atoms with Gasteiger partial charge >= 0.3 is 6.18 Å². The van der Waals surface area contributed by atoms with E-state index in [1.54, 1.807) is 29.2 Å². The van der Waals surface area contributed by atoms with Gasteiger partial charge in [-0.05, 0) is 59.3 Å². The van der Waals surface area contributed by atoms with Crippen molar-refractivity contribution in [3.63, 3.8) is 0 Å². The molecule has 0 saturated carbocycles. The second kappa shape index (κ2) is 12.1. The molecule has 0 spiro atoms. The second-order valence-corrected chi connectivity index (χ2v) is 10.4. The van der Waals surface area contributed by atoms with Gasteiger partial charge in [-0.15, -0.1) is 0 Å². The zero-order chi connectivity index (χ0) is 29.9. The predicted octanol–water partition coefficient (Wildman–Crippen LogP) is 5.10. The number of nitrogens with one attached hydrogen (secondary N) is 1. The first-order valence-electron chi connectivity index (χ1n) is 13.8. The van der Waals surface area contributed by atoms with Gasteiger partial charge in [-0.3, -0.25) is 14.4 Å². The molecule has 4 aromatic rings. The lowest BCUT2D eigenvalue weighted by Gasteiger charge is -2.35. The summed E-state index contributed by atoms with van der Waals surface area (Å²) in [5, 5.41) is 1.51. The normalized spacial score (nSPS) is 13.8. The fourth-order valence-corrected chi connectivity index (χ4v) is 5.19. The van der Waals surface area contributed by atoms with Crippen LogP contribution < -0.4 is 10.5 Å². The van der Waals surface area contributed by atoms with E-state index in [9.17, 15) is 27.6 Å². The van der Waals surface area contributed by atoms with Crippen molar-refractivity contribution in [1.29, 1.82) is 0 Å². The van der Waals surface area contributed by atoms with E-state index in [2.05, 4.69) is 9.88 Å². The van der Waals surface area contributed by atoms with Crippen LogP contribution in [0.1, 0.15) is 34.0 Å². The molecule has 10 heteroatoms. The number of alkyl halides is 3. The Morgan fingerprint density at radius 3 is 2.29 bits per heavy atom. The number of piperazine rings is 1. The summed E-state index contributed by atoms with van der Waals surface area (Å²) >= 11 is 0. The predicted molar refractivity (Wildman–Crippen MR) is 155 cm³/mol. The van der Waals surface area contributed by atoms with E-state index in [4.69, 9.17) is 0 Å². The van der Waals surface area contributed by atoms with Gasteiger partial charge in [0.25, 0.3) is 11.5 Å². The number of amides is 2. The van der Waals surface area contributed by atoms with Gasteiger partial charge in [0.15, 0.2) is 0 Å². The minimum absolute atomic E-state index is 0.0783. The first-order valence-corrected chi connectivity index (χ1v) is 13.8. The monoisotopic (exact) mass is 576 g/mol. The molecular formula is C32H31F3N4O3. The van der Waals surface area contributed by atoms with Gasteiger partial charge in [0, 0.05) is 57.1 Å². The van der Waals surface area contributed by atoms with Gasteiger partial charge in [0.05, 0.1) is 5.56 Å². The standard InChI is InChI=1S/C32H31F3N4O3/c1-22(40)39(21-24-5-4-7-27(19-24)32(33,34)35)14-13-23-9-11-25(12-10-23)31(42)38-17-15-37(16-18-38)29-20-26-6-2-3-8-28(26)30(41)36-29/h2-12,19-20H,13-18,21H2,1H3,(H,36,41). The number of carbonyl (C=O) groups excluding carboxylic acids is 2. The quantitative estimate of drug-likeness (QED) is 0.332. The molecule has 7 nitrogen and oxygen atoms in total. The molecule has 0 bridgehead atoms. The summed E-state index contributed by atoms with van der Waals surface area (Å²) in [6.45, 7) is 4.01. The zero-order valence-electron chi connectivity index (χ0n) is 23.2. The number of aromatic amines is 1. The Bertz CT molecular complexity index is 1640. The van der Waals surface area contributed by atoms with Crippen LogP contribution in [-0.4, -0.2) is 59.3 Å². The third kappa shape index (κ3) is 6.64. The third-order valence-electron chi connectivity index (χ3n) is 7.59. The third-order valence-corrected chi connectivity index (χ3v) is 7.59. The van der Waals surface area contributed by atoms with Crippen LogP contribution in [0.4, 0.5) is 19.0 Å². The molecule has 0 atom stereocenters. The molecule has 1 fully saturated rings. The van der Waals surface area contributed by atoms with E-state index >= 15 is 0 Å². The molecule has 2 heterocycles. The van der Waals surface area contributed by atoms with Crippen LogP contribution in [0.25, 0.3) is 10.8 Å². The molecule has 1 aliphatic rings. The number of nitrogens with zero attached hydrogens (tertiary/aromatic N) is 3. The lowest BCUT2D eigenvalue weighted by molar-refractivity contribution is -0.137. The first-order chi connectivity index (χ1) is 20.1. The van der Waals surface area contributed by atoms with Crippen LogP contribution in [-0.2, 0) is 23.9 Å². The Hall–Kier alpha value is -4.60. The van der Waals surface area contributed by atoms with Crippen LogP contribution in [0.3, 0.4) is 0 Å². The van der Waals surface area contributed by atoms with Crippen LogP contribution in [0.15, 0.2) is 83.7 Å². The van der Waals surface area contributed by atoms with E-state index in [0.29, 0.717) is 55.7 Å². The van der Waals surface area contributed by atoms with Gasteiger partial charge in [-0.1, -0.05) is 42.5 Å². The van der Waals surface area contributed by atoms with Gasteiger partial charge in [-0.2, -0.15) is 13.2 Å². The first kappa shape index (κ1) is 28.9. The summed E-state index contributed by atoms with van der Waals surface area (Å²) < 4.78 is 39.2. The number of rotatable bonds is 7. The van der Waals surface area contributed by atoms with Gasteiger partial charge in [0.2, 0.25) is 5.91 Å². The highest BCUT2D eigenvalue weighted by Crippen LogP contribution is 2.30. The van der Waals surface area contributed by atoms with Crippen molar-refractivity contribution in [2.75, 3.05) is 37.6 Å². The maximum atomic E-state index is 13.2. The lowest BCUT2D eigenvalue weighted by Crippen LogP contribution is -2.49. The summed E-state index contributed by atoms with van der Waals surface area (Å²) in [4.78, 5) is 46.1. The summed E-state index contributed by atoms with van der Waals surface area (Å²) in [5.74, 6) is 0.428. The molecule has 5 rings (SSSR count). The van der Waals surface area contributed by atoms with Crippen molar-refractivity contribution >= 4 is 28.4 Å². The van der Waals surface area contributed by atoms with Crippen LogP contribution >= 0.6 is 0 Å². The summed E-state index contributed by atoms with van der Waals surface area (Å²) in [5.41, 5.74) is 0.997. The molecule has 2 amide bonds. The van der Waals surface area contributed by atoms with Crippen molar-refractivity contribution in [2.24, 2.45) is 0 Å². The molecule has 1 N–H and O–H groups in total. The molecule has 0 radical (unpaired) electrons. The Kier molecular flexibility index (Phi) is 8.33. The maximum Gasteiger partial charge on any atom is 0.416 e. The summed E-state index contributed by atoms with van der Waals surface area (Å²) in [6, 6.07) is 21.6. The van der Waals surface area contributed by atoms with Crippen LogP contribution in [0.5, 0.6) is 0 Å². The molecular weight excluding hydrogens is 545 g/mol. The molecule has 42 heavy (non-hydrogen) atoms. The van der Waals surface area contributed by atoms with E-state index in [1.807, 2.05) is 36.4 Å². The SMILES string of the molecule is CC(=O)N(CCc1ccc(C(=O)N2CCN(c3cc4ccccc4c(=O)[nH]3)CC2)cc1)Cc1cccc(C(F)(F)F)c1. The van der Waals surface area contributed by atoms with E-state index in [1.165, 1.54) is 17.9 Å². The highest BCUT2D eigenvalue weighted by Gasteiger charge is 2.30. The Labute approximate surface area is 241 Å². The number of carbonyl (C=O) groups is 2. The molecule has 1 aliphatic heterocycles. The molecule has 0 aliphatic carbocycles. The van der Waals surface area contributed by atoms with E-state index in [0.717, 1.165) is 28.9 Å². The Morgan fingerprint density at radius 1 is 0.881 bits per heavy atom. The molecule has 218 valence electrons. The molecule has 1 aromatic heterocycles. The summed E-state index contributed by atoms with van der Waals surface area (Å²) in [6.07, 6.45) is -3.95. The smallest absolute Gasteiger partial charge is 0.355 e. The van der Waals surface area contributed by atoms with E-state index in [-0.39, 0.29) is 23.9 Å². The number of hydrogen-bond acceptors (Lipinski definition) is 4. The van der Waals surface area contributed by atoms with Crippen molar-refractivity contribution in [3.05, 3.63) is 111 Å². The van der Waals surface area contributed by atoms with Crippen molar-refractivity contribution in [1.82, 2.24) is 14.8 Å². The van der Waals surface area contributed by atoms with E-state index < -0.39 is 11.7 Å². The fourth-order valence-electron chi connectivity index (χ4n) is 5.19. The highest BCUT2D eigenvalue weighted by molar-refractivity contribution is 5.94. The maximum absolute atomic E-state index is 13.2. The van der Waals surface area contributed by atoms with Crippen molar-refractivity contribution in [2.45, 2.75) is 26.1 Å². The average Bonchev–Trinajstić information content (AvgIpc) is 2.99. The van der Waals surface area contributed by atoms with Crippen LogP contribution in [0, 0.1) is 0 Å². The molecule has 0 unspecified atom stereocenters. The van der Waals surface area contributed by atoms with Gasteiger partial charge in [-0.25, -0.2) is 0 Å². The largest absolute Gasteiger partial charge is 0.416 e. The number of anilines is 1. The number of benzene rings is 3. The Balaban J connectivity index is 1.16. The average molecular weight is 577 g/mol. The topological polar surface area (TPSA) is 76.7 Å². The summed E-state index contributed by atoms with van der Waals surface area (Å²) in [7, 11) is 0. The second-order valence-electron chi connectivity index (χ2n) is 10.4. The number of hydrogen-bond donors (Lipinski definition) is 1. The Morgan fingerprint density at radius 2 is 1.60 bits per heavy atom. The number of H-pyrrole nitrogens is 1. The van der Waals surface area contributed by atoms with Crippen molar-refractivity contribution < 1.29 is 22.8 Å². The number of pyridine rings is 1.